The van der Waals surface area contributed by atoms with Gasteiger partial charge in [-0.25, -0.2) is 19.7 Å². The summed E-state index contributed by atoms with van der Waals surface area (Å²) in [6.07, 6.45) is -1.42. The van der Waals surface area contributed by atoms with Crippen LogP contribution in [0.3, 0.4) is 0 Å². The van der Waals surface area contributed by atoms with Crippen LogP contribution in [0, 0.1) is 0 Å². The topological polar surface area (TPSA) is 107 Å². The quantitative estimate of drug-likeness (QED) is 0.269. The molecule has 0 saturated heterocycles. The summed E-state index contributed by atoms with van der Waals surface area (Å²) in [6, 6.07) is 5.15. The Morgan fingerprint density at radius 2 is 1.95 bits per heavy atom. The molecule has 3 aromatic rings. The molecule has 0 aliphatic heterocycles. The predicted molar refractivity (Wildman–Crippen MR) is 141 cm³/mol. The van der Waals surface area contributed by atoms with Crippen molar-refractivity contribution in [1.82, 2.24) is 25.2 Å². The number of anilines is 3. The maximum absolute atomic E-state index is 13.9. The Labute approximate surface area is 217 Å². The highest BCUT2D eigenvalue weighted by Gasteiger charge is 2.34. The summed E-state index contributed by atoms with van der Waals surface area (Å²) in [7, 11) is 1.70. The normalized spacial score (nSPS) is 11.7. The number of halogens is 3. The molecular weight excluding hydrogens is 505 g/mol. The van der Waals surface area contributed by atoms with Crippen molar-refractivity contribution in [1.29, 1.82) is 0 Å². The highest BCUT2D eigenvalue weighted by Crippen LogP contribution is 2.35. The molecule has 0 bridgehead atoms. The van der Waals surface area contributed by atoms with Gasteiger partial charge >= 0.3 is 12.2 Å². The molecule has 3 rings (SSSR count). The van der Waals surface area contributed by atoms with E-state index in [9.17, 15) is 18.0 Å². The van der Waals surface area contributed by atoms with Gasteiger partial charge in [-0.1, -0.05) is 38.2 Å². The van der Waals surface area contributed by atoms with Crippen LogP contribution < -0.4 is 21.3 Å². The average molecular weight is 537 g/mol. The number of hydrogen-bond acceptors (Lipinski definition) is 8. The number of aromatic nitrogens is 3. The van der Waals surface area contributed by atoms with Crippen molar-refractivity contribution >= 4 is 34.1 Å². The third kappa shape index (κ3) is 8.37. The molecule has 0 fully saturated rings. The van der Waals surface area contributed by atoms with Gasteiger partial charge in [-0.3, -0.25) is 10.2 Å². The molecule has 37 heavy (non-hydrogen) atoms. The Balaban J connectivity index is 1.68. The van der Waals surface area contributed by atoms with Gasteiger partial charge in [0.2, 0.25) is 5.95 Å². The largest absolute Gasteiger partial charge is 0.416 e. The number of rotatable bonds is 11. The molecular formula is C24H31F3N8OS. The van der Waals surface area contributed by atoms with Crippen molar-refractivity contribution in [2.75, 3.05) is 42.6 Å². The minimum absolute atomic E-state index is 0.0318. The van der Waals surface area contributed by atoms with Crippen molar-refractivity contribution < 1.29 is 18.0 Å². The first-order valence-corrected chi connectivity index (χ1v) is 12.6. The summed E-state index contributed by atoms with van der Waals surface area (Å²) < 4.78 is 41.6. The smallest absolute Gasteiger partial charge is 0.357 e. The van der Waals surface area contributed by atoms with Gasteiger partial charge < -0.3 is 16.0 Å². The summed E-state index contributed by atoms with van der Waals surface area (Å²) in [4.78, 5) is 27.6. The number of urea groups is 1. The lowest BCUT2D eigenvalue weighted by Crippen LogP contribution is -2.35. The monoisotopic (exact) mass is 536 g/mol. The van der Waals surface area contributed by atoms with Gasteiger partial charge in [0.25, 0.3) is 0 Å². The zero-order valence-corrected chi connectivity index (χ0v) is 21.9. The van der Waals surface area contributed by atoms with Crippen LogP contribution in [0.1, 0.15) is 31.9 Å². The molecule has 0 spiro atoms. The van der Waals surface area contributed by atoms with Crippen molar-refractivity contribution in [2.24, 2.45) is 0 Å². The van der Waals surface area contributed by atoms with E-state index in [-0.39, 0.29) is 22.9 Å². The number of benzene rings is 1. The molecule has 4 N–H and O–H groups in total. The molecule has 2 amide bonds. The van der Waals surface area contributed by atoms with Gasteiger partial charge in [0, 0.05) is 50.8 Å². The number of nitrogens with zero attached hydrogens (tertiary/aromatic N) is 4. The van der Waals surface area contributed by atoms with E-state index in [0.29, 0.717) is 42.2 Å². The molecule has 0 atom stereocenters. The highest BCUT2D eigenvalue weighted by atomic mass is 32.1. The molecule has 9 nitrogen and oxygen atoms in total. The molecule has 0 radical (unpaired) electrons. The molecule has 0 aliphatic carbocycles. The minimum Gasteiger partial charge on any atom is -0.357 e. The van der Waals surface area contributed by atoms with E-state index in [0.717, 1.165) is 6.07 Å². The second kappa shape index (κ2) is 12.8. The molecule has 0 aliphatic rings. The van der Waals surface area contributed by atoms with Gasteiger partial charge in [0.1, 0.15) is 0 Å². The number of likely N-dealkylation sites (N-methyl/N-ethyl adjacent to an activating group) is 1. The van der Waals surface area contributed by atoms with Crippen LogP contribution in [0.2, 0.25) is 0 Å². The lowest BCUT2D eigenvalue weighted by atomic mass is 10.1. The Morgan fingerprint density at radius 3 is 2.62 bits per heavy atom. The van der Waals surface area contributed by atoms with Crippen LogP contribution in [0.5, 0.6) is 0 Å². The molecule has 0 unspecified atom stereocenters. The number of hydrogen-bond donors (Lipinski definition) is 4. The van der Waals surface area contributed by atoms with E-state index >= 15 is 0 Å². The maximum atomic E-state index is 13.9. The van der Waals surface area contributed by atoms with Crippen LogP contribution in [0.15, 0.2) is 36.7 Å². The zero-order valence-electron chi connectivity index (χ0n) is 21.1. The van der Waals surface area contributed by atoms with E-state index < -0.39 is 17.8 Å². The fourth-order valence-electron chi connectivity index (χ4n) is 3.48. The van der Waals surface area contributed by atoms with Crippen LogP contribution in [0.4, 0.5) is 34.7 Å². The molecule has 200 valence electrons. The van der Waals surface area contributed by atoms with E-state index in [1.807, 2.05) is 25.7 Å². The second-order valence-corrected chi connectivity index (χ2v) is 9.50. The molecule has 0 saturated carbocycles. The fourth-order valence-corrected chi connectivity index (χ4v) is 4.26. The van der Waals surface area contributed by atoms with E-state index in [2.05, 4.69) is 36.2 Å². The number of alkyl halides is 3. The van der Waals surface area contributed by atoms with Crippen molar-refractivity contribution in [3.8, 4) is 10.6 Å². The van der Waals surface area contributed by atoms with Crippen LogP contribution >= 0.6 is 11.3 Å². The summed E-state index contributed by atoms with van der Waals surface area (Å²) in [5, 5.41) is 11.4. The molecule has 2 heterocycles. The summed E-state index contributed by atoms with van der Waals surface area (Å²) in [5.41, 5.74) is 0.0302. The van der Waals surface area contributed by atoms with Crippen LogP contribution in [-0.2, 0) is 12.7 Å². The molecule has 2 aromatic heterocycles. The first-order chi connectivity index (χ1) is 17.6. The molecule has 1 aromatic carbocycles. The summed E-state index contributed by atoms with van der Waals surface area (Å²) >= 11 is 1.18. The number of carbonyl (C=O) groups excluding carboxylic acids is 1. The van der Waals surface area contributed by atoms with Crippen molar-refractivity contribution in [2.45, 2.75) is 39.5 Å². The SMILES string of the molecule is CCN(CCNC(C)C)Cc1ccc(NC(=O)Nc2ncc(-c3ccnc(NC)n3)s2)cc1C(F)(F)F. The number of amides is 2. The standard InChI is InChI=1S/C24H31F3N8OS/c1-5-35(11-10-29-15(2)3)14-16-6-7-17(12-18(16)24(25,26)27)32-22(36)34-23-31-13-20(37-23)19-8-9-30-21(28-4)33-19/h6-9,12-13,15,29H,5,10-11,14H2,1-4H3,(H,28,30,33)(H2,31,32,34,36). The predicted octanol–water partition coefficient (Wildman–Crippen LogP) is 5.12. The van der Waals surface area contributed by atoms with Crippen molar-refractivity contribution in [3.63, 3.8) is 0 Å². The van der Waals surface area contributed by atoms with Crippen LogP contribution in [0.25, 0.3) is 10.6 Å². The summed E-state index contributed by atoms with van der Waals surface area (Å²) in [5.74, 6) is 0.441. The lowest BCUT2D eigenvalue weighted by molar-refractivity contribution is -0.138. The van der Waals surface area contributed by atoms with Gasteiger partial charge in [-0.05, 0) is 30.3 Å². The maximum Gasteiger partial charge on any atom is 0.416 e. The van der Waals surface area contributed by atoms with Gasteiger partial charge in [-0.2, -0.15) is 13.2 Å². The first-order valence-electron chi connectivity index (χ1n) is 11.8. The number of carbonyl (C=O) groups is 1. The van der Waals surface area contributed by atoms with Gasteiger partial charge in [0.05, 0.1) is 16.1 Å². The minimum atomic E-state index is -4.56. The van der Waals surface area contributed by atoms with Crippen LogP contribution in [-0.4, -0.2) is 58.6 Å². The van der Waals surface area contributed by atoms with Gasteiger partial charge in [0.15, 0.2) is 5.13 Å². The van der Waals surface area contributed by atoms with E-state index in [1.54, 1.807) is 25.5 Å². The zero-order chi connectivity index (χ0) is 27.0. The summed E-state index contributed by atoms with van der Waals surface area (Å²) in [6.45, 7) is 8.01. The van der Waals surface area contributed by atoms with Gasteiger partial charge in [-0.15, -0.1) is 0 Å². The van der Waals surface area contributed by atoms with E-state index in [1.165, 1.54) is 23.5 Å². The number of nitrogens with one attached hydrogen (secondary N) is 4. The van der Waals surface area contributed by atoms with Crippen molar-refractivity contribution in [3.05, 3.63) is 47.8 Å². The molecule has 13 heteroatoms. The third-order valence-corrected chi connectivity index (χ3v) is 6.29. The first kappa shape index (κ1) is 28.3. The second-order valence-electron chi connectivity index (χ2n) is 8.47. The Morgan fingerprint density at radius 1 is 1.16 bits per heavy atom. The van der Waals surface area contributed by atoms with E-state index in [4.69, 9.17) is 0 Å². The lowest BCUT2D eigenvalue weighted by Gasteiger charge is -2.24. The average Bonchev–Trinajstić information content (AvgIpc) is 3.31. The highest BCUT2D eigenvalue weighted by molar-refractivity contribution is 7.19. The Bertz CT molecular complexity index is 1180. The fraction of sp³-hybridized carbons (Fsp3) is 0.417. The Kier molecular flexibility index (Phi) is 9.78. The number of thiazole rings is 1. The third-order valence-electron chi connectivity index (χ3n) is 5.35. The Hall–Kier alpha value is -3.29.